The van der Waals surface area contributed by atoms with Crippen LogP contribution in [0.2, 0.25) is 0 Å². The Bertz CT molecular complexity index is 344. The first-order chi connectivity index (χ1) is 7.58. The molecule has 0 saturated heterocycles. The van der Waals surface area contributed by atoms with Crippen LogP contribution in [-0.2, 0) is 9.47 Å². The molecule has 1 rings (SSSR count). The van der Waals surface area contributed by atoms with Gasteiger partial charge in [-0.25, -0.2) is 0 Å². The minimum Gasteiger partial charge on any atom is -0.469 e. The monoisotopic (exact) mass is 227 g/mol. The number of amides is 1. The first kappa shape index (κ1) is 12.7. The number of aryl methyl sites for hydroxylation is 1. The van der Waals surface area contributed by atoms with E-state index in [1.165, 1.54) is 20.5 Å². The maximum atomic E-state index is 11.7. The lowest BCUT2D eigenvalue weighted by atomic mass is 10.2. The van der Waals surface area contributed by atoms with E-state index in [2.05, 4.69) is 5.32 Å². The van der Waals surface area contributed by atoms with E-state index in [1.54, 1.807) is 13.0 Å². The lowest BCUT2D eigenvalue weighted by Crippen LogP contribution is -2.42. The summed E-state index contributed by atoms with van der Waals surface area (Å²) in [6, 6.07) is 1.44. The number of rotatable bonds is 5. The molecule has 0 radical (unpaired) electrons. The summed E-state index contributed by atoms with van der Waals surface area (Å²) in [5.41, 5.74) is 0.496. The summed E-state index contributed by atoms with van der Waals surface area (Å²) in [5, 5.41) is 2.76. The Balaban J connectivity index is 2.57. The van der Waals surface area contributed by atoms with E-state index < -0.39 is 6.29 Å². The van der Waals surface area contributed by atoms with Crippen molar-refractivity contribution in [1.82, 2.24) is 5.32 Å². The number of nitrogens with one attached hydrogen (secondary N) is 1. The number of methoxy groups -OCH3 is 2. The number of hydrogen-bond acceptors (Lipinski definition) is 4. The normalized spacial score (nSPS) is 12.8. The highest BCUT2D eigenvalue weighted by molar-refractivity contribution is 5.94. The van der Waals surface area contributed by atoms with Crippen LogP contribution in [0.4, 0.5) is 0 Å². The minimum absolute atomic E-state index is 0.205. The summed E-state index contributed by atoms with van der Waals surface area (Å²) in [6.07, 6.45) is 0.961. The second-order valence-electron chi connectivity index (χ2n) is 3.55. The molecule has 1 aromatic rings. The van der Waals surface area contributed by atoms with Crippen molar-refractivity contribution in [3.05, 3.63) is 23.7 Å². The molecule has 1 atom stereocenters. The van der Waals surface area contributed by atoms with Gasteiger partial charge in [-0.2, -0.15) is 0 Å². The molecule has 1 heterocycles. The fourth-order valence-electron chi connectivity index (χ4n) is 1.43. The number of hydrogen-bond donors (Lipinski definition) is 1. The Morgan fingerprint density at radius 1 is 1.44 bits per heavy atom. The van der Waals surface area contributed by atoms with Gasteiger partial charge in [0.15, 0.2) is 6.29 Å². The number of furan rings is 1. The SMILES string of the molecule is COC(OC)C(C)NC(=O)c1coc(C)c1. The van der Waals surface area contributed by atoms with Crippen molar-refractivity contribution in [2.45, 2.75) is 26.2 Å². The van der Waals surface area contributed by atoms with Crippen LogP contribution in [0.25, 0.3) is 0 Å². The van der Waals surface area contributed by atoms with Gasteiger partial charge in [0.2, 0.25) is 0 Å². The molecule has 0 bridgehead atoms. The summed E-state index contributed by atoms with van der Waals surface area (Å²) in [4.78, 5) is 11.7. The molecule has 1 aromatic heterocycles. The highest BCUT2D eigenvalue weighted by Gasteiger charge is 2.19. The fourth-order valence-corrected chi connectivity index (χ4v) is 1.43. The maximum absolute atomic E-state index is 11.7. The van der Waals surface area contributed by atoms with Crippen LogP contribution < -0.4 is 5.32 Å². The van der Waals surface area contributed by atoms with E-state index in [0.717, 1.165) is 0 Å². The molecule has 0 aromatic carbocycles. The summed E-state index contributed by atoms with van der Waals surface area (Å²) in [6.45, 7) is 3.59. The quantitative estimate of drug-likeness (QED) is 0.771. The molecule has 0 saturated carbocycles. The molecule has 90 valence electrons. The molecule has 16 heavy (non-hydrogen) atoms. The molecule has 0 fully saturated rings. The lowest BCUT2D eigenvalue weighted by Gasteiger charge is -2.21. The van der Waals surface area contributed by atoms with E-state index in [1.807, 2.05) is 6.92 Å². The van der Waals surface area contributed by atoms with Crippen molar-refractivity contribution >= 4 is 5.91 Å². The van der Waals surface area contributed by atoms with Gasteiger partial charge in [-0.05, 0) is 19.9 Å². The van der Waals surface area contributed by atoms with Gasteiger partial charge < -0.3 is 19.2 Å². The minimum atomic E-state index is -0.461. The second kappa shape index (κ2) is 5.67. The van der Waals surface area contributed by atoms with Crippen LogP contribution in [0.15, 0.2) is 16.7 Å². The fraction of sp³-hybridized carbons (Fsp3) is 0.545. The van der Waals surface area contributed by atoms with Crippen LogP contribution in [0.3, 0.4) is 0 Å². The summed E-state index contributed by atoms with van der Waals surface area (Å²) in [5.74, 6) is 0.497. The second-order valence-corrected chi connectivity index (χ2v) is 3.55. The number of carbonyl (C=O) groups is 1. The van der Waals surface area contributed by atoms with Gasteiger partial charge >= 0.3 is 0 Å². The molecular formula is C11H17NO4. The van der Waals surface area contributed by atoms with Gasteiger partial charge in [0.25, 0.3) is 5.91 Å². The Kier molecular flexibility index (Phi) is 4.52. The molecule has 0 aliphatic heterocycles. The van der Waals surface area contributed by atoms with Crippen molar-refractivity contribution in [2.75, 3.05) is 14.2 Å². The zero-order valence-corrected chi connectivity index (χ0v) is 9.94. The maximum Gasteiger partial charge on any atom is 0.254 e. The molecule has 0 aliphatic rings. The first-order valence-electron chi connectivity index (χ1n) is 5.00. The standard InChI is InChI=1S/C11H17NO4/c1-7-5-9(6-16-7)10(13)12-8(2)11(14-3)15-4/h5-6,8,11H,1-4H3,(H,12,13). The van der Waals surface area contributed by atoms with Gasteiger partial charge in [0, 0.05) is 14.2 Å². The molecule has 5 heteroatoms. The van der Waals surface area contributed by atoms with E-state index in [0.29, 0.717) is 11.3 Å². The van der Waals surface area contributed by atoms with Gasteiger partial charge in [0.05, 0.1) is 11.6 Å². The predicted octanol–water partition coefficient (Wildman–Crippen LogP) is 1.33. The van der Waals surface area contributed by atoms with Gasteiger partial charge in [-0.3, -0.25) is 4.79 Å². The van der Waals surface area contributed by atoms with Gasteiger partial charge in [-0.1, -0.05) is 0 Å². The van der Waals surface area contributed by atoms with Crippen molar-refractivity contribution < 1.29 is 18.7 Å². The van der Waals surface area contributed by atoms with Crippen molar-refractivity contribution in [3.63, 3.8) is 0 Å². The van der Waals surface area contributed by atoms with Crippen LogP contribution in [0.5, 0.6) is 0 Å². The average Bonchev–Trinajstić information content (AvgIpc) is 2.66. The molecule has 5 nitrogen and oxygen atoms in total. The smallest absolute Gasteiger partial charge is 0.254 e. The largest absolute Gasteiger partial charge is 0.469 e. The van der Waals surface area contributed by atoms with Crippen LogP contribution in [0, 0.1) is 6.92 Å². The first-order valence-corrected chi connectivity index (χ1v) is 5.00. The van der Waals surface area contributed by atoms with Crippen molar-refractivity contribution in [3.8, 4) is 0 Å². The summed E-state index contributed by atoms with van der Waals surface area (Å²) >= 11 is 0. The third-order valence-corrected chi connectivity index (χ3v) is 2.22. The zero-order chi connectivity index (χ0) is 12.1. The number of ether oxygens (including phenoxy) is 2. The molecule has 1 N–H and O–H groups in total. The average molecular weight is 227 g/mol. The predicted molar refractivity (Wildman–Crippen MR) is 58.2 cm³/mol. The Morgan fingerprint density at radius 2 is 2.06 bits per heavy atom. The molecular weight excluding hydrogens is 210 g/mol. The van der Waals surface area contributed by atoms with Gasteiger partial charge in [-0.15, -0.1) is 0 Å². The van der Waals surface area contributed by atoms with E-state index in [9.17, 15) is 4.79 Å². The molecule has 1 unspecified atom stereocenters. The third kappa shape index (κ3) is 3.08. The van der Waals surface area contributed by atoms with Crippen LogP contribution in [-0.4, -0.2) is 32.5 Å². The summed E-state index contributed by atoms with van der Waals surface area (Å²) < 4.78 is 15.1. The van der Waals surface area contributed by atoms with E-state index in [-0.39, 0.29) is 11.9 Å². The van der Waals surface area contributed by atoms with Crippen molar-refractivity contribution in [2.24, 2.45) is 0 Å². The molecule has 0 spiro atoms. The molecule has 0 aliphatic carbocycles. The third-order valence-electron chi connectivity index (χ3n) is 2.22. The van der Waals surface area contributed by atoms with Crippen LogP contribution in [0.1, 0.15) is 23.0 Å². The van der Waals surface area contributed by atoms with Crippen LogP contribution >= 0.6 is 0 Å². The van der Waals surface area contributed by atoms with Crippen molar-refractivity contribution in [1.29, 1.82) is 0 Å². The number of carbonyl (C=O) groups excluding carboxylic acids is 1. The molecule has 1 amide bonds. The topological polar surface area (TPSA) is 60.7 Å². The van der Waals surface area contributed by atoms with Gasteiger partial charge in [0.1, 0.15) is 12.0 Å². The summed E-state index contributed by atoms with van der Waals surface area (Å²) in [7, 11) is 3.05. The Hall–Kier alpha value is -1.33. The van der Waals surface area contributed by atoms with E-state index in [4.69, 9.17) is 13.9 Å². The Labute approximate surface area is 94.7 Å². The lowest BCUT2D eigenvalue weighted by molar-refractivity contribution is -0.117. The Morgan fingerprint density at radius 3 is 2.50 bits per heavy atom. The highest BCUT2D eigenvalue weighted by atomic mass is 16.7. The zero-order valence-electron chi connectivity index (χ0n) is 9.94. The van der Waals surface area contributed by atoms with E-state index >= 15 is 0 Å². The highest BCUT2D eigenvalue weighted by Crippen LogP contribution is 2.07.